The lowest BCUT2D eigenvalue weighted by Gasteiger charge is -2.24. The molecule has 3 heterocycles. The van der Waals surface area contributed by atoms with Crippen LogP contribution >= 0.6 is 0 Å². The molecular formula is C24H21F2N3O3. The van der Waals surface area contributed by atoms with Gasteiger partial charge in [0.05, 0.1) is 29.2 Å². The van der Waals surface area contributed by atoms with Gasteiger partial charge in [-0.2, -0.15) is 8.78 Å². The number of aliphatic hydroxyl groups excluding tert-OH is 1. The van der Waals surface area contributed by atoms with Crippen LogP contribution < -0.4 is 4.74 Å². The number of benzene rings is 2. The van der Waals surface area contributed by atoms with Crippen molar-refractivity contribution in [3.63, 3.8) is 0 Å². The number of imidazole rings is 1. The van der Waals surface area contributed by atoms with Gasteiger partial charge in [-0.1, -0.05) is 17.9 Å². The maximum Gasteiger partial charge on any atom is 0.387 e. The normalized spacial score (nSPS) is 21.7. The van der Waals surface area contributed by atoms with Gasteiger partial charge in [-0.05, 0) is 37.3 Å². The molecule has 0 radical (unpaired) electrons. The lowest BCUT2D eigenvalue weighted by atomic mass is 9.97. The highest BCUT2D eigenvalue weighted by Gasteiger charge is 2.44. The predicted molar refractivity (Wildman–Crippen MR) is 114 cm³/mol. The second-order valence-electron chi connectivity index (χ2n) is 7.94. The second-order valence-corrected chi connectivity index (χ2v) is 7.94. The monoisotopic (exact) mass is 440 g/mol. The summed E-state index contributed by atoms with van der Waals surface area (Å²) in [5, 5.41) is 9.46. The van der Waals surface area contributed by atoms with E-state index in [4.69, 9.17) is 8.85 Å². The maximum absolute atomic E-state index is 13.4. The third-order valence-corrected chi connectivity index (χ3v) is 5.78. The number of rotatable bonds is 3. The molecule has 0 aliphatic carbocycles. The Balaban J connectivity index is 1.75. The number of fused-ring (bicyclic) bond motifs is 9. The zero-order valence-corrected chi connectivity index (χ0v) is 17.0. The minimum absolute atomic E-state index is 0.00662. The molecular weight excluding hydrogens is 416 g/mol. The van der Waals surface area contributed by atoms with Crippen molar-refractivity contribution in [1.29, 1.82) is 0 Å². The molecule has 0 unspecified atom stereocenters. The van der Waals surface area contributed by atoms with Crippen molar-refractivity contribution in [3.8, 4) is 17.6 Å². The van der Waals surface area contributed by atoms with E-state index in [1.807, 2.05) is 0 Å². The molecule has 0 saturated carbocycles. The van der Waals surface area contributed by atoms with Crippen molar-refractivity contribution < 1.29 is 27.5 Å². The van der Waals surface area contributed by atoms with Crippen LogP contribution in [0.3, 0.4) is 0 Å². The standard InChI is InChI=1S/C24H21F2N3O3/c1-13(30)5-3-6-14-9-10-16-17(11-14)29-18-12-19(22(29)27-16)28(2)23(31)15-7-4-8-20(21(15)18)32-24(25)26/h4,7-11,13,18-19,24,30H,5,12H2,1-2H3/t13-,18-,19-/m1/s1/i2D3. The van der Waals surface area contributed by atoms with Gasteiger partial charge in [0.15, 0.2) is 0 Å². The fourth-order valence-electron chi connectivity index (χ4n) is 4.49. The third kappa shape index (κ3) is 3.21. The summed E-state index contributed by atoms with van der Waals surface area (Å²) in [5.41, 5.74) is 2.06. The Morgan fingerprint density at radius 1 is 1.34 bits per heavy atom. The molecule has 2 aromatic carbocycles. The summed E-state index contributed by atoms with van der Waals surface area (Å²) in [6.45, 7) is -4.26. The van der Waals surface area contributed by atoms with Gasteiger partial charge in [-0.25, -0.2) is 4.98 Å². The molecule has 0 saturated heterocycles. The van der Waals surface area contributed by atoms with Crippen molar-refractivity contribution in [2.75, 3.05) is 6.98 Å². The fourth-order valence-corrected chi connectivity index (χ4v) is 4.49. The molecule has 164 valence electrons. The number of hydrogen-bond donors (Lipinski definition) is 1. The molecule has 1 N–H and O–H groups in total. The topological polar surface area (TPSA) is 67.6 Å². The second kappa shape index (κ2) is 7.61. The minimum atomic E-state index is -3.12. The molecule has 2 aliphatic rings. The van der Waals surface area contributed by atoms with Crippen molar-refractivity contribution in [1.82, 2.24) is 14.5 Å². The van der Waals surface area contributed by atoms with Gasteiger partial charge in [-0.15, -0.1) is 0 Å². The molecule has 6 nitrogen and oxygen atoms in total. The van der Waals surface area contributed by atoms with E-state index in [0.29, 0.717) is 28.8 Å². The summed E-state index contributed by atoms with van der Waals surface area (Å²) in [5.74, 6) is 5.29. The van der Waals surface area contributed by atoms with Gasteiger partial charge in [0.25, 0.3) is 5.91 Å². The van der Waals surface area contributed by atoms with Crippen LogP contribution in [0.4, 0.5) is 8.78 Å². The van der Waals surface area contributed by atoms with Crippen LogP contribution in [0.15, 0.2) is 36.4 Å². The Morgan fingerprint density at radius 2 is 2.19 bits per heavy atom. The van der Waals surface area contributed by atoms with Gasteiger partial charge in [0.1, 0.15) is 11.6 Å². The van der Waals surface area contributed by atoms with Crippen LogP contribution in [-0.2, 0) is 0 Å². The largest absolute Gasteiger partial charge is 0.434 e. The van der Waals surface area contributed by atoms with Crippen LogP contribution in [0.1, 0.15) is 63.3 Å². The Morgan fingerprint density at radius 3 is 2.94 bits per heavy atom. The average molecular weight is 440 g/mol. The fraction of sp³-hybridized carbons (Fsp3) is 0.333. The summed E-state index contributed by atoms with van der Waals surface area (Å²) in [6.07, 6.45) is -0.122. The van der Waals surface area contributed by atoms with E-state index < -0.39 is 37.7 Å². The highest BCUT2D eigenvalue weighted by atomic mass is 19.3. The molecule has 8 heteroatoms. The molecule has 3 atom stereocenters. The number of alkyl halides is 2. The van der Waals surface area contributed by atoms with E-state index in [0.717, 1.165) is 4.90 Å². The number of hydrogen-bond acceptors (Lipinski definition) is 4. The number of carbonyl (C=O) groups excluding carboxylic acids is 1. The first-order chi connectivity index (χ1) is 16.6. The number of amides is 1. The third-order valence-electron chi connectivity index (χ3n) is 5.78. The first-order valence-corrected chi connectivity index (χ1v) is 10.2. The van der Waals surface area contributed by atoms with Gasteiger partial charge in [-0.3, -0.25) is 4.79 Å². The molecule has 2 bridgehead atoms. The van der Waals surface area contributed by atoms with E-state index in [1.165, 1.54) is 18.2 Å². The lowest BCUT2D eigenvalue weighted by molar-refractivity contribution is -0.0507. The predicted octanol–water partition coefficient (Wildman–Crippen LogP) is 3.88. The molecule has 3 aromatic rings. The van der Waals surface area contributed by atoms with E-state index in [-0.39, 0.29) is 23.3 Å². The molecule has 32 heavy (non-hydrogen) atoms. The molecule has 1 aromatic heterocycles. The number of ether oxygens (including phenoxy) is 1. The zero-order valence-electron chi connectivity index (χ0n) is 20.0. The molecule has 0 spiro atoms. The summed E-state index contributed by atoms with van der Waals surface area (Å²) in [4.78, 5) is 18.9. The lowest BCUT2D eigenvalue weighted by Crippen LogP contribution is -2.30. The Hall–Kier alpha value is -3.44. The number of nitrogens with zero attached hydrogens (tertiary/aromatic N) is 3. The summed E-state index contributed by atoms with van der Waals surface area (Å²) in [7, 11) is 0. The Bertz CT molecular complexity index is 1390. The van der Waals surface area contributed by atoms with E-state index in [1.54, 1.807) is 29.7 Å². The average Bonchev–Trinajstić information content (AvgIpc) is 3.25. The molecule has 2 aliphatic heterocycles. The smallest absolute Gasteiger partial charge is 0.387 e. The van der Waals surface area contributed by atoms with Gasteiger partial charge >= 0.3 is 6.61 Å². The summed E-state index contributed by atoms with van der Waals surface area (Å²) >= 11 is 0. The number of halogens is 2. The zero-order chi connectivity index (χ0) is 25.1. The first-order valence-electron chi connectivity index (χ1n) is 11.7. The van der Waals surface area contributed by atoms with E-state index >= 15 is 0 Å². The SMILES string of the molecule is [2H]C([2H])([2H])N1C(=O)c2cccc(OC(F)F)c2[C@H]2C[C@@H]1c1nc3ccc(C#CC[C@@H](C)O)cc3n12. The van der Waals surface area contributed by atoms with Crippen LogP contribution in [-0.4, -0.2) is 45.2 Å². The highest BCUT2D eigenvalue weighted by molar-refractivity contribution is 5.97. The number of aromatic nitrogens is 2. The number of carbonyl (C=O) groups is 1. The van der Waals surface area contributed by atoms with Gasteiger partial charge in [0.2, 0.25) is 0 Å². The highest BCUT2D eigenvalue weighted by Crippen LogP contribution is 2.49. The molecule has 0 fully saturated rings. The van der Waals surface area contributed by atoms with Crippen molar-refractivity contribution in [2.45, 2.75) is 44.6 Å². The van der Waals surface area contributed by atoms with Crippen molar-refractivity contribution in [2.24, 2.45) is 0 Å². The summed E-state index contributed by atoms with van der Waals surface area (Å²) in [6, 6.07) is 7.93. The van der Waals surface area contributed by atoms with Crippen molar-refractivity contribution in [3.05, 3.63) is 58.9 Å². The maximum atomic E-state index is 13.4. The number of aliphatic hydroxyl groups is 1. The summed E-state index contributed by atoms with van der Waals surface area (Å²) < 4.78 is 57.2. The quantitative estimate of drug-likeness (QED) is 0.628. The van der Waals surface area contributed by atoms with Crippen LogP contribution in [0.2, 0.25) is 0 Å². The van der Waals surface area contributed by atoms with Crippen LogP contribution in [0.5, 0.6) is 5.75 Å². The Kier molecular flexibility index (Phi) is 4.08. The van der Waals surface area contributed by atoms with Crippen molar-refractivity contribution >= 4 is 16.9 Å². The van der Waals surface area contributed by atoms with Gasteiger partial charge < -0.3 is 19.3 Å². The first kappa shape index (κ1) is 17.2. The molecule has 1 amide bonds. The minimum Gasteiger partial charge on any atom is -0.434 e. The molecule has 5 rings (SSSR count). The van der Waals surface area contributed by atoms with Crippen LogP contribution in [0.25, 0.3) is 11.0 Å². The van der Waals surface area contributed by atoms with Gasteiger partial charge in [0, 0.05) is 40.6 Å². The van der Waals surface area contributed by atoms with E-state index in [9.17, 15) is 18.7 Å². The van der Waals surface area contributed by atoms with E-state index in [2.05, 4.69) is 16.8 Å². The Labute approximate surface area is 187 Å². The van der Waals surface area contributed by atoms with Crippen LogP contribution in [0, 0.1) is 11.8 Å².